The van der Waals surface area contributed by atoms with E-state index in [1.807, 2.05) is 29.8 Å². The van der Waals surface area contributed by atoms with Gasteiger partial charge in [0.25, 0.3) is 0 Å². The number of nitrogens with zero attached hydrogens (tertiary/aromatic N) is 1. The van der Waals surface area contributed by atoms with Crippen molar-refractivity contribution >= 4 is 28.5 Å². The first-order valence-corrected chi connectivity index (χ1v) is 5.51. The fourth-order valence-corrected chi connectivity index (χ4v) is 2.12. The van der Waals surface area contributed by atoms with E-state index in [0.717, 1.165) is 10.9 Å². The quantitative estimate of drug-likeness (QED) is 0.832. The average molecular weight is 253 g/mol. The van der Waals surface area contributed by atoms with Gasteiger partial charge in [-0.05, 0) is 18.2 Å². The van der Waals surface area contributed by atoms with Gasteiger partial charge in [0.2, 0.25) is 0 Å². The molecule has 90 valence electrons. The summed E-state index contributed by atoms with van der Waals surface area (Å²) in [6.07, 6.45) is 0. The van der Waals surface area contributed by atoms with E-state index >= 15 is 0 Å². The second-order valence-corrected chi connectivity index (χ2v) is 4.21. The first-order chi connectivity index (χ1) is 8.06. The Morgan fingerprint density at radius 1 is 1.53 bits per heavy atom. The van der Waals surface area contributed by atoms with Crippen LogP contribution in [0.25, 0.3) is 10.9 Å². The summed E-state index contributed by atoms with van der Waals surface area (Å²) in [6.45, 7) is 0. The highest BCUT2D eigenvalue weighted by Gasteiger charge is 2.21. The third-order valence-corrected chi connectivity index (χ3v) is 3.17. The predicted molar refractivity (Wildman–Crippen MR) is 66.9 cm³/mol. The molecule has 0 fully saturated rings. The van der Waals surface area contributed by atoms with E-state index in [1.54, 1.807) is 6.07 Å². The molecule has 1 atom stereocenters. The van der Waals surface area contributed by atoms with Crippen LogP contribution >= 0.6 is 11.6 Å². The van der Waals surface area contributed by atoms with E-state index in [2.05, 4.69) is 4.74 Å². The molecule has 0 saturated heterocycles. The van der Waals surface area contributed by atoms with Gasteiger partial charge in [0.05, 0.1) is 7.11 Å². The standard InChI is InChI=1S/C12H13ClN2O2/c1-15-9-5-3-4-8(13)7(9)6-10(15)11(14)12(16)17-2/h3-6,11H,14H2,1-2H3. The average Bonchev–Trinajstić information content (AvgIpc) is 2.67. The van der Waals surface area contributed by atoms with Crippen LogP contribution in [0.3, 0.4) is 0 Å². The van der Waals surface area contributed by atoms with E-state index in [1.165, 1.54) is 7.11 Å². The summed E-state index contributed by atoms with van der Waals surface area (Å²) in [6, 6.07) is 6.61. The Labute approximate surface area is 104 Å². The lowest BCUT2D eigenvalue weighted by Gasteiger charge is -2.10. The van der Waals surface area contributed by atoms with Crippen molar-refractivity contribution in [2.45, 2.75) is 6.04 Å². The largest absolute Gasteiger partial charge is 0.468 e. The van der Waals surface area contributed by atoms with Crippen LogP contribution in [0.1, 0.15) is 11.7 Å². The Morgan fingerprint density at radius 2 is 2.24 bits per heavy atom. The number of hydrogen-bond acceptors (Lipinski definition) is 3. The van der Waals surface area contributed by atoms with Crippen LogP contribution in [0.5, 0.6) is 0 Å². The lowest BCUT2D eigenvalue weighted by Crippen LogP contribution is -2.24. The van der Waals surface area contributed by atoms with E-state index < -0.39 is 12.0 Å². The maximum absolute atomic E-state index is 11.4. The highest BCUT2D eigenvalue weighted by Crippen LogP contribution is 2.28. The van der Waals surface area contributed by atoms with Crippen LogP contribution in [-0.2, 0) is 16.6 Å². The number of aryl methyl sites for hydroxylation is 1. The molecule has 0 aliphatic rings. The molecule has 0 bridgehead atoms. The maximum atomic E-state index is 11.4. The van der Waals surface area contributed by atoms with Crippen LogP contribution in [0, 0.1) is 0 Å². The lowest BCUT2D eigenvalue weighted by atomic mass is 10.2. The molecular formula is C12H13ClN2O2. The van der Waals surface area contributed by atoms with Crippen molar-refractivity contribution in [3.8, 4) is 0 Å². The van der Waals surface area contributed by atoms with Gasteiger partial charge in [-0.25, -0.2) is 4.79 Å². The van der Waals surface area contributed by atoms with E-state index in [-0.39, 0.29) is 0 Å². The second-order valence-electron chi connectivity index (χ2n) is 3.80. The summed E-state index contributed by atoms with van der Waals surface area (Å²) in [5.41, 5.74) is 7.44. The molecular weight excluding hydrogens is 240 g/mol. The van der Waals surface area contributed by atoms with Crippen LogP contribution in [0.4, 0.5) is 0 Å². The molecule has 2 rings (SSSR count). The van der Waals surface area contributed by atoms with Crippen molar-refractivity contribution in [1.82, 2.24) is 4.57 Å². The van der Waals surface area contributed by atoms with Gasteiger partial charge in [0.1, 0.15) is 6.04 Å². The molecule has 5 heteroatoms. The second kappa shape index (κ2) is 4.39. The first kappa shape index (κ1) is 12.0. The van der Waals surface area contributed by atoms with Gasteiger partial charge < -0.3 is 15.0 Å². The van der Waals surface area contributed by atoms with Crippen molar-refractivity contribution < 1.29 is 9.53 Å². The van der Waals surface area contributed by atoms with Crippen LogP contribution < -0.4 is 5.73 Å². The molecule has 0 amide bonds. The van der Waals surface area contributed by atoms with Crippen molar-refractivity contribution in [2.75, 3.05) is 7.11 Å². The molecule has 4 nitrogen and oxygen atoms in total. The zero-order valence-corrected chi connectivity index (χ0v) is 10.4. The monoisotopic (exact) mass is 252 g/mol. The molecule has 0 radical (unpaired) electrons. The number of methoxy groups -OCH3 is 1. The highest BCUT2D eigenvalue weighted by atomic mass is 35.5. The lowest BCUT2D eigenvalue weighted by molar-refractivity contribution is -0.142. The van der Waals surface area contributed by atoms with Gasteiger partial charge in [-0.1, -0.05) is 17.7 Å². The minimum atomic E-state index is -0.798. The zero-order valence-electron chi connectivity index (χ0n) is 9.61. The van der Waals surface area contributed by atoms with E-state index in [9.17, 15) is 4.79 Å². The topological polar surface area (TPSA) is 57.2 Å². The predicted octanol–water partition coefficient (Wildman–Crippen LogP) is 2.00. The number of carbonyl (C=O) groups is 1. The summed E-state index contributed by atoms with van der Waals surface area (Å²) in [7, 11) is 3.16. The summed E-state index contributed by atoms with van der Waals surface area (Å²) >= 11 is 6.09. The number of halogens is 1. The van der Waals surface area contributed by atoms with Crippen LogP contribution in [0.2, 0.25) is 5.02 Å². The number of aromatic nitrogens is 1. The minimum Gasteiger partial charge on any atom is -0.468 e. The van der Waals surface area contributed by atoms with Gasteiger partial charge in [0, 0.05) is 28.7 Å². The fraction of sp³-hybridized carbons (Fsp3) is 0.250. The van der Waals surface area contributed by atoms with Gasteiger partial charge >= 0.3 is 5.97 Å². The maximum Gasteiger partial charge on any atom is 0.328 e. The van der Waals surface area contributed by atoms with Gasteiger partial charge in [-0.3, -0.25) is 0 Å². The summed E-state index contributed by atoms with van der Waals surface area (Å²) in [5.74, 6) is -0.466. The number of esters is 1. The minimum absolute atomic E-state index is 0.466. The molecule has 0 saturated carbocycles. The Hall–Kier alpha value is -1.52. The van der Waals surface area contributed by atoms with Gasteiger partial charge in [-0.15, -0.1) is 0 Å². The molecule has 1 aromatic heterocycles. The molecule has 2 aromatic rings. The molecule has 0 spiro atoms. The molecule has 1 heterocycles. The third kappa shape index (κ3) is 1.90. The molecule has 1 aromatic carbocycles. The third-order valence-electron chi connectivity index (χ3n) is 2.84. The smallest absolute Gasteiger partial charge is 0.328 e. The van der Waals surface area contributed by atoms with Gasteiger partial charge in [0.15, 0.2) is 0 Å². The Balaban J connectivity index is 2.60. The highest BCUT2D eigenvalue weighted by molar-refractivity contribution is 6.35. The Bertz CT molecular complexity index is 577. The number of rotatable bonds is 2. The molecule has 17 heavy (non-hydrogen) atoms. The molecule has 2 N–H and O–H groups in total. The summed E-state index contributed by atoms with van der Waals surface area (Å²) in [4.78, 5) is 11.4. The number of nitrogens with two attached hydrogens (primary N) is 1. The van der Waals surface area contributed by atoms with Crippen LogP contribution in [-0.4, -0.2) is 17.6 Å². The van der Waals surface area contributed by atoms with Crippen molar-refractivity contribution in [3.63, 3.8) is 0 Å². The van der Waals surface area contributed by atoms with E-state index in [0.29, 0.717) is 10.7 Å². The molecule has 1 unspecified atom stereocenters. The normalized spacial score (nSPS) is 12.7. The fourth-order valence-electron chi connectivity index (χ4n) is 1.89. The Morgan fingerprint density at radius 3 is 2.82 bits per heavy atom. The summed E-state index contributed by atoms with van der Waals surface area (Å²) < 4.78 is 6.49. The first-order valence-electron chi connectivity index (χ1n) is 5.13. The summed E-state index contributed by atoms with van der Waals surface area (Å²) in [5, 5.41) is 1.52. The number of benzene rings is 1. The molecule has 0 aliphatic carbocycles. The van der Waals surface area contributed by atoms with Crippen molar-refractivity contribution in [3.05, 3.63) is 35.0 Å². The SMILES string of the molecule is COC(=O)C(N)c1cc2c(Cl)cccc2n1C. The number of ether oxygens (including phenoxy) is 1. The Kier molecular flexibility index (Phi) is 3.09. The van der Waals surface area contributed by atoms with Gasteiger partial charge in [-0.2, -0.15) is 0 Å². The number of carbonyl (C=O) groups excluding carboxylic acids is 1. The molecule has 0 aliphatic heterocycles. The van der Waals surface area contributed by atoms with Crippen LogP contribution in [0.15, 0.2) is 24.3 Å². The van der Waals surface area contributed by atoms with Crippen molar-refractivity contribution in [2.24, 2.45) is 12.8 Å². The zero-order chi connectivity index (χ0) is 12.6. The number of hydrogen-bond donors (Lipinski definition) is 1. The van der Waals surface area contributed by atoms with Crippen molar-refractivity contribution in [1.29, 1.82) is 0 Å². The van der Waals surface area contributed by atoms with E-state index in [4.69, 9.17) is 17.3 Å². The number of fused-ring (bicyclic) bond motifs is 1.